The van der Waals surface area contributed by atoms with E-state index < -0.39 is 41.5 Å². The molecule has 0 aliphatic heterocycles. The summed E-state index contributed by atoms with van der Waals surface area (Å²) in [4.78, 5) is 24.0. The Morgan fingerprint density at radius 1 is 1.22 bits per heavy atom. The zero-order valence-electron chi connectivity index (χ0n) is 12.8. The first-order chi connectivity index (χ1) is 11.0. The van der Waals surface area contributed by atoms with E-state index in [1.54, 1.807) is 31.2 Å². The lowest BCUT2D eigenvalue weighted by molar-refractivity contribution is -0.158. The third-order valence-electron chi connectivity index (χ3n) is 4.71. The first-order valence-electron chi connectivity index (χ1n) is 7.74. The van der Waals surface area contributed by atoms with Crippen molar-refractivity contribution in [3.8, 4) is 0 Å². The number of esters is 2. The average Bonchev–Trinajstić information content (AvgIpc) is 3.00. The van der Waals surface area contributed by atoms with Crippen molar-refractivity contribution in [2.24, 2.45) is 17.8 Å². The number of carbonyl (C=O) groups excluding carboxylic acids is 2. The van der Waals surface area contributed by atoms with Crippen LogP contribution in [-0.4, -0.2) is 35.4 Å². The Hall–Kier alpha value is -1.95. The molecule has 0 amide bonds. The number of carbonyl (C=O) groups is 2. The van der Waals surface area contributed by atoms with Crippen LogP contribution in [0.3, 0.4) is 0 Å². The smallest absolute Gasteiger partial charge is 0.315 e. The lowest BCUT2D eigenvalue weighted by Crippen LogP contribution is -2.38. The number of alkyl halides is 1. The zero-order chi connectivity index (χ0) is 16.6. The molecule has 124 valence electrons. The van der Waals surface area contributed by atoms with Crippen LogP contribution in [-0.2, 0) is 25.7 Å². The molecule has 0 bridgehead atoms. The monoisotopic (exact) mass is 322 g/mol. The third-order valence-corrected chi connectivity index (χ3v) is 4.71. The van der Waals surface area contributed by atoms with Gasteiger partial charge < -0.3 is 14.6 Å². The van der Waals surface area contributed by atoms with Crippen LogP contribution in [0.25, 0.3) is 0 Å². The number of fused-ring (bicyclic) bond motifs is 1. The number of hydrogen-bond acceptors (Lipinski definition) is 5. The Kier molecular flexibility index (Phi) is 4.10. The molecule has 2 fully saturated rings. The maximum absolute atomic E-state index is 15.1. The summed E-state index contributed by atoms with van der Waals surface area (Å²) < 4.78 is 25.0. The highest BCUT2D eigenvalue weighted by Crippen LogP contribution is 2.67. The molecule has 0 spiro atoms. The average molecular weight is 322 g/mol. The van der Waals surface area contributed by atoms with Gasteiger partial charge >= 0.3 is 11.9 Å². The minimum atomic E-state index is -2.04. The van der Waals surface area contributed by atoms with Crippen LogP contribution in [0.4, 0.5) is 4.39 Å². The molecule has 2 aliphatic carbocycles. The van der Waals surface area contributed by atoms with Crippen molar-refractivity contribution in [3.05, 3.63) is 35.9 Å². The van der Waals surface area contributed by atoms with Gasteiger partial charge in [0.15, 0.2) is 0 Å². The van der Waals surface area contributed by atoms with Crippen LogP contribution < -0.4 is 0 Å². The van der Waals surface area contributed by atoms with Crippen molar-refractivity contribution in [1.82, 2.24) is 0 Å². The van der Waals surface area contributed by atoms with Crippen molar-refractivity contribution >= 4 is 11.9 Å². The molecule has 23 heavy (non-hydrogen) atoms. The summed E-state index contributed by atoms with van der Waals surface area (Å²) >= 11 is 0. The standard InChI is InChI=1S/C17H19FO5/c1-2-22-15(20)13-11-8-12(19)14(17(11,13)18)16(21)23-9-10-6-4-3-5-7-10/h3-7,11-14,19H,2,8-9H2,1H3. The second-order valence-electron chi connectivity index (χ2n) is 6.04. The highest BCUT2D eigenvalue weighted by Gasteiger charge is 2.81. The van der Waals surface area contributed by atoms with Gasteiger partial charge in [-0.3, -0.25) is 9.59 Å². The van der Waals surface area contributed by atoms with Gasteiger partial charge in [-0.2, -0.15) is 0 Å². The van der Waals surface area contributed by atoms with Gasteiger partial charge in [-0.05, 0) is 18.9 Å². The Balaban J connectivity index is 1.66. The molecular formula is C17H19FO5. The second kappa shape index (κ2) is 5.92. The molecule has 3 rings (SSSR count). The molecule has 5 unspecified atom stereocenters. The molecule has 0 saturated heterocycles. The van der Waals surface area contributed by atoms with E-state index >= 15 is 4.39 Å². The lowest BCUT2D eigenvalue weighted by Gasteiger charge is -2.21. The van der Waals surface area contributed by atoms with E-state index in [4.69, 9.17) is 9.47 Å². The summed E-state index contributed by atoms with van der Waals surface area (Å²) in [6.45, 7) is 1.80. The zero-order valence-corrected chi connectivity index (χ0v) is 12.8. The number of aliphatic hydroxyl groups is 1. The molecule has 0 heterocycles. The van der Waals surface area contributed by atoms with Crippen molar-refractivity contribution in [2.75, 3.05) is 6.61 Å². The van der Waals surface area contributed by atoms with Crippen LogP contribution in [0.1, 0.15) is 18.9 Å². The predicted molar refractivity (Wildman–Crippen MR) is 77.8 cm³/mol. The van der Waals surface area contributed by atoms with E-state index in [-0.39, 0.29) is 19.6 Å². The summed E-state index contributed by atoms with van der Waals surface area (Å²) in [5, 5.41) is 9.96. The number of hydrogen-bond donors (Lipinski definition) is 1. The first kappa shape index (κ1) is 15.9. The van der Waals surface area contributed by atoms with Gasteiger partial charge in [0.25, 0.3) is 0 Å². The molecule has 2 saturated carbocycles. The normalized spacial score (nSPS) is 34.6. The number of ether oxygens (including phenoxy) is 2. The fourth-order valence-corrected chi connectivity index (χ4v) is 3.61. The van der Waals surface area contributed by atoms with Gasteiger partial charge in [0.2, 0.25) is 0 Å². The van der Waals surface area contributed by atoms with Crippen LogP contribution in [0.15, 0.2) is 30.3 Å². The van der Waals surface area contributed by atoms with Gasteiger partial charge in [0.05, 0.1) is 18.6 Å². The Morgan fingerprint density at radius 2 is 1.87 bits per heavy atom. The molecule has 5 atom stereocenters. The first-order valence-corrected chi connectivity index (χ1v) is 7.74. The molecule has 0 aromatic heterocycles. The van der Waals surface area contributed by atoms with Crippen LogP contribution in [0, 0.1) is 17.8 Å². The maximum atomic E-state index is 15.1. The van der Waals surface area contributed by atoms with E-state index in [0.29, 0.717) is 0 Å². The molecule has 5 nitrogen and oxygen atoms in total. The van der Waals surface area contributed by atoms with Gasteiger partial charge in [0, 0.05) is 5.92 Å². The Bertz CT molecular complexity index is 604. The van der Waals surface area contributed by atoms with Gasteiger partial charge in [0.1, 0.15) is 18.2 Å². The van der Waals surface area contributed by atoms with Crippen molar-refractivity contribution in [3.63, 3.8) is 0 Å². The fraction of sp³-hybridized carbons (Fsp3) is 0.529. The van der Waals surface area contributed by atoms with Gasteiger partial charge in [-0.15, -0.1) is 0 Å². The SMILES string of the molecule is CCOC(=O)C1C2CC(O)C(C(=O)OCc3ccccc3)C21F. The molecule has 1 aromatic rings. The minimum absolute atomic E-state index is 0.00765. The van der Waals surface area contributed by atoms with E-state index in [0.717, 1.165) is 5.56 Å². The van der Waals surface area contributed by atoms with E-state index in [9.17, 15) is 14.7 Å². The largest absolute Gasteiger partial charge is 0.466 e. The van der Waals surface area contributed by atoms with Gasteiger partial charge in [-0.25, -0.2) is 4.39 Å². The summed E-state index contributed by atoms with van der Waals surface area (Å²) in [6, 6.07) is 9.01. The van der Waals surface area contributed by atoms with Crippen LogP contribution in [0.5, 0.6) is 0 Å². The fourth-order valence-electron chi connectivity index (χ4n) is 3.61. The van der Waals surface area contributed by atoms with Crippen molar-refractivity contribution < 1.29 is 28.6 Å². The second-order valence-corrected chi connectivity index (χ2v) is 6.04. The van der Waals surface area contributed by atoms with E-state index in [1.807, 2.05) is 6.07 Å². The summed E-state index contributed by atoms with van der Waals surface area (Å²) in [5.41, 5.74) is -1.27. The maximum Gasteiger partial charge on any atom is 0.315 e. The quantitative estimate of drug-likeness (QED) is 0.834. The summed E-state index contributed by atoms with van der Waals surface area (Å²) in [7, 11) is 0. The molecule has 2 aliphatic rings. The molecular weight excluding hydrogens is 303 g/mol. The van der Waals surface area contributed by atoms with E-state index in [2.05, 4.69) is 0 Å². The van der Waals surface area contributed by atoms with Crippen molar-refractivity contribution in [2.45, 2.75) is 31.7 Å². The van der Waals surface area contributed by atoms with Crippen LogP contribution >= 0.6 is 0 Å². The van der Waals surface area contributed by atoms with Crippen LogP contribution in [0.2, 0.25) is 0 Å². The minimum Gasteiger partial charge on any atom is -0.466 e. The topological polar surface area (TPSA) is 72.8 Å². The Morgan fingerprint density at radius 3 is 2.52 bits per heavy atom. The summed E-state index contributed by atoms with van der Waals surface area (Å²) in [5.74, 6) is -4.41. The number of rotatable bonds is 5. The summed E-state index contributed by atoms with van der Waals surface area (Å²) in [6.07, 6.45) is -1.05. The van der Waals surface area contributed by atoms with E-state index in [1.165, 1.54) is 0 Å². The lowest BCUT2D eigenvalue weighted by atomic mass is 9.95. The highest BCUT2D eigenvalue weighted by molar-refractivity contribution is 5.85. The number of benzene rings is 1. The molecule has 0 radical (unpaired) electrons. The molecule has 6 heteroatoms. The molecule has 1 aromatic carbocycles. The van der Waals surface area contributed by atoms with Crippen molar-refractivity contribution in [1.29, 1.82) is 0 Å². The van der Waals surface area contributed by atoms with Gasteiger partial charge in [-0.1, -0.05) is 30.3 Å². The Labute approximate surface area is 133 Å². The molecule has 1 N–H and O–H groups in total. The predicted octanol–water partition coefficient (Wildman–Crippen LogP) is 1.63. The third kappa shape index (κ3) is 2.61. The number of aliphatic hydroxyl groups excluding tert-OH is 1. The highest BCUT2D eigenvalue weighted by atomic mass is 19.1. The number of halogens is 1.